The molecule has 8 heteroatoms. The van der Waals surface area contributed by atoms with Crippen LogP contribution in [0.15, 0.2) is 76.7 Å². The molecule has 0 spiro atoms. The average Bonchev–Trinajstić information content (AvgIpc) is 2.72. The van der Waals surface area contributed by atoms with E-state index in [9.17, 15) is 14.4 Å². The Hall–Kier alpha value is -4.07. The summed E-state index contributed by atoms with van der Waals surface area (Å²) in [4.78, 5) is 46.0. The number of amides is 1. The van der Waals surface area contributed by atoms with Gasteiger partial charge < -0.3 is 5.73 Å². The van der Waals surface area contributed by atoms with E-state index < -0.39 is 17.2 Å². The molecule has 0 radical (unpaired) electrons. The zero-order chi connectivity index (χ0) is 19.7. The molecule has 0 saturated heterocycles. The highest BCUT2D eigenvalue weighted by Gasteiger charge is 2.16. The fraction of sp³-hybridized carbons (Fsp3) is 0.0500. The molecule has 8 nitrogen and oxygen atoms in total. The lowest BCUT2D eigenvalue weighted by Gasteiger charge is -2.14. The van der Waals surface area contributed by atoms with Crippen LogP contribution in [0.3, 0.4) is 0 Å². The van der Waals surface area contributed by atoms with Crippen LogP contribution >= 0.6 is 0 Å². The highest BCUT2D eigenvalue weighted by molar-refractivity contribution is 5.93. The van der Waals surface area contributed by atoms with Crippen LogP contribution in [0.5, 0.6) is 0 Å². The fourth-order valence-corrected chi connectivity index (χ4v) is 3.03. The Morgan fingerprint density at radius 2 is 1.86 bits per heavy atom. The second-order valence-electron chi connectivity index (χ2n) is 6.16. The van der Waals surface area contributed by atoms with Gasteiger partial charge in [0.1, 0.15) is 0 Å². The molecule has 28 heavy (non-hydrogen) atoms. The number of hydrogen-bond acceptors (Lipinski definition) is 5. The van der Waals surface area contributed by atoms with Gasteiger partial charge in [0.05, 0.1) is 17.6 Å². The smallest absolute Gasteiger partial charge is 0.337 e. The molecule has 0 atom stereocenters. The van der Waals surface area contributed by atoms with E-state index in [2.05, 4.69) is 9.97 Å². The van der Waals surface area contributed by atoms with E-state index in [1.165, 1.54) is 16.8 Å². The summed E-state index contributed by atoms with van der Waals surface area (Å²) in [5, 5.41) is 0.287. The van der Waals surface area contributed by atoms with Crippen molar-refractivity contribution >= 4 is 16.9 Å². The Kier molecular flexibility index (Phi) is 4.29. The lowest BCUT2D eigenvalue weighted by Crippen LogP contribution is -2.40. The third-order valence-electron chi connectivity index (χ3n) is 4.35. The van der Waals surface area contributed by atoms with Crippen molar-refractivity contribution in [3.8, 4) is 5.69 Å². The van der Waals surface area contributed by atoms with E-state index in [4.69, 9.17) is 5.73 Å². The Labute approximate surface area is 158 Å². The molecule has 3 aromatic heterocycles. The number of carbonyl (C=O) groups excluding carboxylic acids is 1. The van der Waals surface area contributed by atoms with Crippen molar-refractivity contribution in [1.82, 2.24) is 19.1 Å². The Morgan fingerprint density at radius 1 is 1.04 bits per heavy atom. The maximum absolute atomic E-state index is 13.2. The first-order valence-electron chi connectivity index (χ1n) is 8.46. The van der Waals surface area contributed by atoms with E-state index in [1.807, 2.05) is 0 Å². The molecule has 3 heterocycles. The summed E-state index contributed by atoms with van der Waals surface area (Å²) in [5.74, 6) is -0.615. The third-order valence-corrected chi connectivity index (χ3v) is 4.35. The summed E-state index contributed by atoms with van der Waals surface area (Å²) in [5.41, 5.74) is 5.91. The molecule has 0 aliphatic carbocycles. The number of carbonyl (C=O) groups is 1. The molecule has 138 valence electrons. The van der Waals surface area contributed by atoms with Crippen LogP contribution in [0.4, 0.5) is 0 Å². The minimum Gasteiger partial charge on any atom is -0.366 e. The van der Waals surface area contributed by atoms with Crippen molar-refractivity contribution in [2.75, 3.05) is 0 Å². The van der Waals surface area contributed by atoms with Crippen LogP contribution in [0, 0.1) is 0 Å². The number of primary amides is 1. The zero-order valence-corrected chi connectivity index (χ0v) is 14.6. The first kappa shape index (κ1) is 17.3. The number of pyridine rings is 2. The summed E-state index contributed by atoms with van der Waals surface area (Å²) in [6.45, 7) is 0.0614. The summed E-state index contributed by atoms with van der Waals surface area (Å²) >= 11 is 0. The molecule has 4 aromatic rings. The Morgan fingerprint density at radius 3 is 2.61 bits per heavy atom. The zero-order valence-electron chi connectivity index (χ0n) is 14.6. The van der Waals surface area contributed by atoms with Gasteiger partial charge in [0.2, 0.25) is 5.91 Å². The van der Waals surface area contributed by atoms with Gasteiger partial charge in [-0.25, -0.2) is 14.3 Å². The SMILES string of the molecule is NC(=O)c1cccc(-n2c(=O)n(Cc3cccnc3)c(=O)c3cccnc32)c1. The lowest BCUT2D eigenvalue weighted by molar-refractivity contribution is 0.1000. The second kappa shape index (κ2) is 6.92. The van der Waals surface area contributed by atoms with Crippen molar-refractivity contribution in [3.63, 3.8) is 0 Å². The topological polar surface area (TPSA) is 113 Å². The molecule has 2 N–H and O–H groups in total. The number of rotatable bonds is 4. The van der Waals surface area contributed by atoms with Crippen molar-refractivity contribution in [3.05, 3.63) is 99.1 Å². The van der Waals surface area contributed by atoms with Gasteiger partial charge in [0.25, 0.3) is 5.56 Å². The largest absolute Gasteiger partial charge is 0.366 e. The molecular formula is C20H15N5O3. The van der Waals surface area contributed by atoms with Crippen LogP contribution in [-0.4, -0.2) is 25.0 Å². The normalized spacial score (nSPS) is 10.9. The molecule has 0 unspecified atom stereocenters. The quantitative estimate of drug-likeness (QED) is 0.575. The Bertz CT molecular complexity index is 1310. The molecule has 0 aliphatic heterocycles. The number of nitrogens with two attached hydrogens (primary N) is 1. The molecule has 0 saturated carbocycles. The molecule has 0 bridgehead atoms. The van der Waals surface area contributed by atoms with Gasteiger partial charge in [-0.3, -0.25) is 19.1 Å². The Balaban J connectivity index is 2.03. The summed E-state index contributed by atoms with van der Waals surface area (Å²) < 4.78 is 2.43. The minimum absolute atomic E-state index is 0.0614. The molecule has 1 aromatic carbocycles. The predicted octanol–water partition coefficient (Wildman–Crippen LogP) is 1.09. The molecule has 0 fully saturated rings. The van der Waals surface area contributed by atoms with Crippen LogP contribution < -0.4 is 17.0 Å². The van der Waals surface area contributed by atoms with Crippen molar-refractivity contribution in [1.29, 1.82) is 0 Å². The second-order valence-corrected chi connectivity index (χ2v) is 6.16. The van der Waals surface area contributed by atoms with Gasteiger partial charge >= 0.3 is 5.69 Å². The highest BCUT2D eigenvalue weighted by Crippen LogP contribution is 2.14. The van der Waals surface area contributed by atoms with E-state index in [-0.39, 0.29) is 23.1 Å². The van der Waals surface area contributed by atoms with Crippen LogP contribution in [0.1, 0.15) is 15.9 Å². The monoisotopic (exact) mass is 373 g/mol. The molecule has 4 rings (SSSR count). The minimum atomic E-state index is -0.615. The maximum atomic E-state index is 13.2. The van der Waals surface area contributed by atoms with E-state index in [0.717, 1.165) is 4.57 Å². The van der Waals surface area contributed by atoms with Gasteiger partial charge in [-0.1, -0.05) is 12.1 Å². The fourth-order valence-electron chi connectivity index (χ4n) is 3.03. The van der Waals surface area contributed by atoms with Crippen molar-refractivity contribution in [2.24, 2.45) is 5.73 Å². The van der Waals surface area contributed by atoms with Crippen LogP contribution in [0.2, 0.25) is 0 Å². The molecular weight excluding hydrogens is 358 g/mol. The maximum Gasteiger partial charge on any atom is 0.337 e. The third kappa shape index (κ3) is 2.96. The number of benzene rings is 1. The molecule has 0 aliphatic rings. The highest BCUT2D eigenvalue weighted by atomic mass is 16.2. The average molecular weight is 373 g/mol. The van der Waals surface area contributed by atoms with Gasteiger partial charge in [0, 0.05) is 24.2 Å². The van der Waals surface area contributed by atoms with Crippen LogP contribution in [-0.2, 0) is 6.54 Å². The van der Waals surface area contributed by atoms with Gasteiger partial charge in [-0.2, -0.15) is 0 Å². The molecule has 1 amide bonds. The van der Waals surface area contributed by atoms with Gasteiger partial charge in [0.15, 0.2) is 5.65 Å². The first-order chi connectivity index (χ1) is 13.6. The lowest BCUT2D eigenvalue weighted by atomic mass is 10.2. The standard InChI is InChI=1S/C20H15N5O3/c21-17(26)14-5-1-6-15(10-14)25-18-16(7-3-9-23-18)19(27)24(20(25)28)12-13-4-2-8-22-11-13/h1-11H,12H2,(H2,21,26). The number of hydrogen-bond donors (Lipinski definition) is 1. The number of aromatic nitrogens is 4. The number of nitrogens with zero attached hydrogens (tertiary/aromatic N) is 4. The van der Waals surface area contributed by atoms with Crippen LogP contribution in [0.25, 0.3) is 16.7 Å². The van der Waals surface area contributed by atoms with E-state index >= 15 is 0 Å². The summed E-state index contributed by atoms with van der Waals surface area (Å²) in [7, 11) is 0. The van der Waals surface area contributed by atoms with Crippen molar-refractivity contribution < 1.29 is 4.79 Å². The predicted molar refractivity (Wildman–Crippen MR) is 103 cm³/mol. The van der Waals surface area contributed by atoms with Gasteiger partial charge in [-0.05, 0) is 42.0 Å². The van der Waals surface area contributed by atoms with Crippen molar-refractivity contribution in [2.45, 2.75) is 6.54 Å². The number of fused-ring (bicyclic) bond motifs is 1. The summed E-state index contributed by atoms with van der Waals surface area (Å²) in [6, 6.07) is 13.1. The first-order valence-corrected chi connectivity index (χ1v) is 8.46. The summed E-state index contributed by atoms with van der Waals surface area (Å²) in [6.07, 6.45) is 4.71. The van der Waals surface area contributed by atoms with Gasteiger partial charge in [-0.15, -0.1) is 0 Å². The van der Waals surface area contributed by atoms with E-state index in [0.29, 0.717) is 11.3 Å². The van der Waals surface area contributed by atoms with E-state index in [1.54, 1.807) is 54.9 Å².